The summed E-state index contributed by atoms with van der Waals surface area (Å²) in [4.78, 5) is 35.0. The van der Waals surface area contributed by atoms with Crippen molar-refractivity contribution in [2.24, 2.45) is 5.92 Å². The van der Waals surface area contributed by atoms with Crippen molar-refractivity contribution in [1.29, 1.82) is 0 Å². The Morgan fingerprint density at radius 3 is 2.80 bits per heavy atom. The minimum Gasteiger partial charge on any atom is -0.485 e. The number of aromatic nitrogens is 2. The molecule has 2 amide bonds. The van der Waals surface area contributed by atoms with Gasteiger partial charge >= 0.3 is 0 Å². The highest BCUT2D eigenvalue weighted by Crippen LogP contribution is 2.29. The van der Waals surface area contributed by atoms with Crippen LogP contribution in [0.25, 0.3) is 0 Å². The zero-order chi connectivity index (χ0) is 20.9. The Morgan fingerprint density at radius 2 is 2.00 bits per heavy atom. The maximum Gasteiger partial charge on any atom is 0.231 e. The molecule has 1 aliphatic heterocycles. The molecule has 2 aromatic heterocycles. The van der Waals surface area contributed by atoms with Crippen LogP contribution in [0.4, 0.5) is 11.5 Å². The SMILES string of the molecule is O=C(Nc1ncccc1OCc1ccncc1)C1CC(=O)N(c2cccc(Cl)c2)C1. The number of hydrogen-bond acceptors (Lipinski definition) is 5. The van der Waals surface area contributed by atoms with E-state index in [0.717, 1.165) is 5.56 Å². The van der Waals surface area contributed by atoms with Gasteiger partial charge in [0.25, 0.3) is 0 Å². The van der Waals surface area contributed by atoms with E-state index < -0.39 is 5.92 Å². The van der Waals surface area contributed by atoms with E-state index in [1.807, 2.05) is 12.1 Å². The first-order chi connectivity index (χ1) is 14.6. The van der Waals surface area contributed by atoms with Crippen LogP contribution in [0.1, 0.15) is 12.0 Å². The molecule has 0 aliphatic carbocycles. The molecule has 1 saturated heterocycles. The van der Waals surface area contributed by atoms with Gasteiger partial charge in [-0.1, -0.05) is 17.7 Å². The van der Waals surface area contributed by atoms with E-state index in [4.69, 9.17) is 16.3 Å². The summed E-state index contributed by atoms with van der Waals surface area (Å²) in [5.74, 6) is -0.108. The zero-order valence-corrected chi connectivity index (χ0v) is 16.7. The number of amides is 2. The molecule has 1 unspecified atom stereocenters. The third kappa shape index (κ3) is 4.58. The standard InChI is InChI=1S/C22H19ClN4O3/c23-17-3-1-4-18(12-17)27-13-16(11-20(27)28)22(29)26-21-19(5-2-8-25-21)30-14-15-6-9-24-10-7-15/h1-10,12,16H,11,13-14H2,(H,25,26,29). The smallest absolute Gasteiger partial charge is 0.231 e. The summed E-state index contributed by atoms with van der Waals surface area (Å²) in [6.07, 6.45) is 5.08. The number of halogens is 1. The molecular formula is C22H19ClN4O3. The van der Waals surface area contributed by atoms with Gasteiger partial charge in [0.05, 0.1) is 5.92 Å². The third-order valence-electron chi connectivity index (χ3n) is 4.77. The van der Waals surface area contributed by atoms with Crippen molar-refractivity contribution in [1.82, 2.24) is 9.97 Å². The number of carbonyl (C=O) groups is 2. The number of rotatable bonds is 6. The van der Waals surface area contributed by atoms with Crippen molar-refractivity contribution in [3.8, 4) is 5.75 Å². The fourth-order valence-electron chi connectivity index (χ4n) is 3.24. The Labute approximate surface area is 178 Å². The van der Waals surface area contributed by atoms with Gasteiger partial charge in [-0.25, -0.2) is 4.98 Å². The maximum absolute atomic E-state index is 12.8. The first-order valence-corrected chi connectivity index (χ1v) is 9.81. The predicted octanol–water partition coefficient (Wildman–Crippen LogP) is 3.70. The maximum atomic E-state index is 12.8. The van der Waals surface area contributed by atoms with Gasteiger partial charge in [0, 0.05) is 42.3 Å². The normalized spacial score (nSPS) is 15.8. The van der Waals surface area contributed by atoms with E-state index in [-0.39, 0.29) is 24.8 Å². The second-order valence-electron chi connectivity index (χ2n) is 6.87. The van der Waals surface area contributed by atoms with E-state index in [0.29, 0.717) is 28.9 Å². The lowest BCUT2D eigenvalue weighted by Gasteiger charge is -2.17. The first kappa shape index (κ1) is 19.8. The summed E-state index contributed by atoms with van der Waals surface area (Å²) < 4.78 is 5.81. The molecule has 1 N–H and O–H groups in total. The molecule has 0 saturated carbocycles. The Morgan fingerprint density at radius 1 is 1.17 bits per heavy atom. The molecule has 7 nitrogen and oxygen atoms in total. The van der Waals surface area contributed by atoms with Crippen molar-refractivity contribution in [3.05, 3.63) is 77.7 Å². The van der Waals surface area contributed by atoms with Crippen LogP contribution < -0.4 is 15.0 Å². The summed E-state index contributed by atoms with van der Waals surface area (Å²) in [5.41, 5.74) is 1.63. The highest BCUT2D eigenvalue weighted by atomic mass is 35.5. The fraction of sp³-hybridized carbons (Fsp3) is 0.182. The van der Waals surface area contributed by atoms with Crippen LogP contribution in [-0.2, 0) is 16.2 Å². The minimum atomic E-state index is -0.494. The minimum absolute atomic E-state index is 0.118. The van der Waals surface area contributed by atoms with Crippen molar-refractivity contribution in [2.75, 3.05) is 16.8 Å². The lowest BCUT2D eigenvalue weighted by Crippen LogP contribution is -2.28. The van der Waals surface area contributed by atoms with Crippen LogP contribution in [0.15, 0.2) is 67.1 Å². The van der Waals surface area contributed by atoms with Crippen molar-refractivity contribution in [3.63, 3.8) is 0 Å². The van der Waals surface area contributed by atoms with Gasteiger partial charge < -0.3 is 15.0 Å². The van der Waals surface area contributed by atoms with Crippen molar-refractivity contribution >= 4 is 34.9 Å². The average molecular weight is 423 g/mol. The van der Waals surface area contributed by atoms with Crippen LogP contribution in [-0.4, -0.2) is 28.3 Å². The molecule has 1 atom stereocenters. The predicted molar refractivity (Wildman–Crippen MR) is 113 cm³/mol. The number of carbonyl (C=O) groups excluding carboxylic acids is 2. The Hall–Kier alpha value is -3.45. The van der Waals surface area contributed by atoms with Crippen LogP contribution in [0.3, 0.4) is 0 Å². The van der Waals surface area contributed by atoms with Gasteiger partial charge in [0.15, 0.2) is 11.6 Å². The Kier molecular flexibility index (Phi) is 5.90. The Balaban J connectivity index is 1.42. The number of ether oxygens (including phenoxy) is 1. The van der Waals surface area contributed by atoms with Crippen LogP contribution in [0, 0.1) is 5.92 Å². The lowest BCUT2D eigenvalue weighted by atomic mass is 10.1. The molecule has 3 aromatic rings. The van der Waals surface area contributed by atoms with Gasteiger partial charge in [0.2, 0.25) is 11.8 Å². The highest BCUT2D eigenvalue weighted by Gasteiger charge is 2.35. The molecule has 0 bridgehead atoms. The number of nitrogens with one attached hydrogen (secondary N) is 1. The van der Waals surface area contributed by atoms with Gasteiger partial charge in [-0.2, -0.15) is 0 Å². The number of hydrogen-bond donors (Lipinski definition) is 1. The van der Waals surface area contributed by atoms with Gasteiger partial charge in [-0.05, 0) is 48.0 Å². The van der Waals surface area contributed by atoms with Gasteiger partial charge in [0.1, 0.15) is 6.61 Å². The molecule has 30 heavy (non-hydrogen) atoms. The zero-order valence-electron chi connectivity index (χ0n) is 16.0. The first-order valence-electron chi connectivity index (χ1n) is 9.43. The molecular weight excluding hydrogens is 404 g/mol. The Bertz CT molecular complexity index is 1060. The number of pyridine rings is 2. The van der Waals surface area contributed by atoms with E-state index in [9.17, 15) is 9.59 Å². The van der Waals surface area contributed by atoms with E-state index >= 15 is 0 Å². The molecule has 8 heteroatoms. The molecule has 0 spiro atoms. The van der Waals surface area contributed by atoms with Crippen molar-refractivity contribution < 1.29 is 14.3 Å². The number of anilines is 2. The summed E-state index contributed by atoms with van der Waals surface area (Å²) in [6.45, 7) is 0.604. The van der Waals surface area contributed by atoms with Crippen LogP contribution in [0.5, 0.6) is 5.75 Å². The summed E-state index contributed by atoms with van der Waals surface area (Å²) >= 11 is 6.03. The fourth-order valence-corrected chi connectivity index (χ4v) is 3.42. The van der Waals surface area contributed by atoms with E-state index in [1.165, 1.54) is 0 Å². The molecule has 152 valence electrons. The van der Waals surface area contributed by atoms with Crippen molar-refractivity contribution in [2.45, 2.75) is 13.0 Å². The lowest BCUT2D eigenvalue weighted by molar-refractivity contribution is -0.122. The largest absolute Gasteiger partial charge is 0.485 e. The topological polar surface area (TPSA) is 84.4 Å². The molecule has 3 heterocycles. The van der Waals surface area contributed by atoms with Gasteiger partial charge in [-0.3, -0.25) is 14.6 Å². The third-order valence-corrected chi connectivity index (χ3v) is 5.01. The van der Waals surface area contributed by atoms with Gasteiger partial charge in [-0.15, -0.1) is 0 Å². The van der Waals surface area contributed by atoms with E-state index in [1.54, 1.807) is 59.9 Å². The summed E-state index contributed by atoms with van der Waals surface area (Å²) in [7, 11) is 0. The summed E-state index contributed by atoms with van der Waals surface area (Å²) in [5, 5.41) is 3.34. The molecule has 1 aliphatic rings. The van der Waals surface area contributed by atoms with Crippen LogP contribution in [0.2, 0.25) is 5.02 Å². The molecule has 4 rings (SSSR count). The quantitative estimate of drug-likeness (QED) is 0.654. The highest BCUT2D eigenvalue weighted by molar-refractivity contribution is 6.31. The molecule has 1 aromatic carbocycles. The average Bonchev–Trinajstić information content (AvgIpc) is 3.16. The second kappa shape index (κ2) is 8.92. The second-order valence-corrected chi connectivity index (χ2v) is 7.31. The molecule has 1 fully saturated rings. The monoisotopic (exact) mass is 422 g/mol. The number of benzene rings is 1. The van der Waals surface area contributed by atoms with Crippen LogP contribution >= 0.6 is 11.6 Å². The molecule has 0 radical (unpaired) electrons. The van der Waals surface area contributed by atoms with E-state index in [2.05, 4.69) is 15.3 Å². The summed E-state index contributed by atoms with van der Waals surface area (Å²) in [6, 6.07) is 14.2. The number of nitrogens with zero attached hydrogens (tertiary/aromatic N) is 3.